The summed E-state index contributed by atoms with van der Waals surface area (Å²) in [6, 6.07) is 7.03. The van der Waals surface area contributed by atoms with Crippen LogP contribution in [0.25, 0.3) is 0 Å². The molecule has 81 heavy (non-hydrogen) atoms. The molecule has 5 aliphatic carbocycles. The Morgan fingerprint density at radius 1 is 0.877 bits per heavy atom. The number of hydrogen-bond donors (Lipinski definition) is 8. The lowest BCUT2D eigenvalue weighted by Gasteiger charge is -2.70. The minimum atomic E-state index is -3.81. The third-order valence-corrected chi connectivity index (χ3v) is 16.9. The molecule has 430 valence electrons. The maximum absolute atomic E-state index is 14.4. The first kappa shape index (κ1) is 56.6. The molecule has 28 heteroatoms. The number of benzene rings is 2. The fourth-order valence-electron chi connectivity index (χ4n) is 12.3. The van der Waals surface area contributed by atoms with Gasteiger partial charge in [0.15, 0.2) is 39.5 Å². The van der Waals surface area contributed by atoms with E-state index in [0.717, 1.165) is 18.5 Å². The maximum atomic E-state index is 14.4. The number of hydrogen-bond acceptors (Lipinski definition) is 21. The summed E-state index contributed by atoms with van der Waals surface area (Å²) in [6.07, 6.45) is -1.15. The molecule has 3 aliphatic heterocycles. The third kappa shape index (κ3) is 10.8. The molecule has 8 N–H and O–H groups in total. The summed E-state index contributed by atoms with van der Waals surface area (Å²) in [5.41, 5.74) is -2.54. The van der Waals surface area contributed by atoms with Crippen molar-refractivity contribution in [3.63, 3.8) is 0 Å². The zero-order valence-corrected chi connectivity index (χ0v) is 45.2. The number of sulfone groups is 1. The molecule has 1 unspecified atom stereocenters. The standard InChI is InChI=1S/C53H59N9O18S/c1-24-46-30(62-10-11-77-51(76-3)50(62)80-46)15-37(78-24)79-32-14-25(13-29-39(32)45(70)41-40(43(29)68)42(67)28-6-5-7-31(75-2)38(28)44(41)69)48(72)61-53-21-52(22-53,23-53)60-36(66)20-58-35(65)19-57-34(64)18-56-33(63)8-9-55-47(71)27-12-26(16-54)49(59-17-27)81(4,73)74/h5-7,12,17,24-25,30,32,37,46,50-51,68,70H,8-11,13-15,18-23H2,1-4H3,(H,55,71)(H,56,63)(H,57,64)(H,58,65)(H,60,66)(H,61,72)/t24-,25?,30-,32-,37-,46+,50+,51-,52?,53?/m0/s1. The molecule has 0 spiro atoms. The lowest BCUT2D eigenvalue weighted by Crippen LogP contribution is -2.84. The van der Waals surface area contributed by atoms with Gasteiger partial charge in [-0.1, -0.05) is 12.1 Å². The van der Waals surface area contributed by atoms with Crippen LogP contribution in [0.4, 0.5) is 0 Å². The van der Waals surface area contributed by atoms with Crippen LogP contribution in [0.2, 0.25) is 0 Å². The predicted molar refractivity (Wildman–Crippen MR) is 274 cm³/mol. The molecular formula is C53H59N9O18S. The molecule has 3 aromatic rings. The predicted octanol–water partition coefficient (Wildman–Crippen LogP) is -1.22. The van der Waals surface area contributed by atoms with Crippen LogP contribution in [-0.2, 0) is 63.9 Å². The number of phenols is 2. The van der Waals surface area contributed by atoms with Crippen LogP contribution in [0.3, 0.4) is 0 Å². The number of phenolic OH excluding ortho intramolecular Hbond substituents is 2. The molecule has 3 saturated heterocycles. The molecule has 2 aromatic carbocycles. The van der Waals surface area contributed by atoms with E-state index in [9.17, 15) is 62.2 Å². The summed E-state index contributed by atoms with van der Waals surface area (Å²) in [5, 5.41) is 48.6. The molecule has 1 aromatic heterocycles. The van der Waals surface area contributed by atoms with E-state index >= 15 is 0 Å². The van der Waals surface area contributed by atoms with Gasteiger partial charge in [-0.05, 0) is 51.2 Å². The summed E-state index contributed by atoms with van der Waals surface area (Å²) < 4.78 is 59.9. The van der Waals surface area contributed by atoms with Gasteiger partial charge in [0.25, 0.3) is 5.91 Å². The SMILES string of the molecule is COc1cccc2c1C(=O)c1c(O)c3c(c(O)c1C2=O)CC(C(=O)NC12CC(NC(=O)CNC(=O)CNC(=O)CNC(=O)CCNC(=O)c4cnc(S(C)(=O)=O)c(C#N)c4)(C1)C2)C[C@@H]3O[C@H]1C[C@H]2[C@H](O[C@@H]3[C@@H](OC)OCCN32)[C@H](C)O1. The number of morpholine rings is 1. The number of ether oxygens (including phenoxy) is 6. The molecule has 3 saturated carbocycles. The molecule has 8 atom stereocenters. The first-order chi connectivity index (χ1) is 38.6. The van der Waals surface area contributed by atoms with Crippen LogP contribution in [-0.4, -0.2) is 183 Å². The van der Waals surface area contributed by atoms with Crippen LogP contribution < -0.4 is 36.6 Å². The Balaban J connectivity index is 0.715. The Bertz CT molecular complexity index is 3310. The second-order valence-corrected chi connectivity index (χ2v) is 23.3. The quantitative estimate of drug-likeness (QED) is 0.0541. The average Bonchev–Trinajstić information content (AvgIpc) is 2.24. The molecular weight excluding hydrogens is 1080 g/mol. The summed E-state index contributed by atoms with van der Waals surface area (Å²) in [6.45, 7) is 1.18. The fourth-order valence-corrected chi connectivity index (χ4v) is 13.1. The molecule has 27 nitrogen and oxygen atoms in total. The van der Waals surface area contributed by atoms with Crippen molar-refractivity contribution in [2.45, 2.75) is 111 Å². The van der Waals surface area contributed by atoms with E-state index in [4.69, 9.17) is 28.4 Å². The van der Waals surface area contributed by atoms with E-state index in [-0.39, 0.29) is 77.1 Å². The van der Waals surface area contributed by atoms with Crippen molar-refractivity contribution in [2.24, 2.45) is 5.92 Å². The molecule has 11 rings (SSSR count). The van der Waals surface area contributed by atoms with Crippen molar-refractivity contribution in [1.82, 2.24) is 41.8 Å². The highest BCUT2D eigenvalue weighted by atomic mass is 32.2. The number of amides is 6. The van der Waals surface area contributed by atoms with Gasteiger partial charge in [-0.25, -0.2) is 13.4 Å². The van der Waals surface area contributed by atoms with Gasteiger partial charge in [0.05, 0.1) is 73.4 Å². The zero-order valence-electron chi connectivity index (χ0n) is 44.4. The molecule has 2 bridgehead atoms. The largest absolute Gasteiger partial charge is 0.507 e. The number of carbonyl (C=O) groups is 8. The molecule has 6 fully saturated rings. The van der Waals surface area contributed by atoms with Crippen molar-refractivity contribution < 1.29 is 85.4 Å². The number of nitriles is 1. The van der Waals surface area contributed by atoms with Crippen LogP contribution in [0.15, 0.2) is 35.5 Å². The van der Waals surface area contributed by atoms with E-state index in [1.165, 1.54) is 32.4 Å². The monoisotopic (exact) mass is 1140 g/mol. The number of aromatic nitrogens is 1. The van der Waals surface area contributed by atoms with Gasteiger partial charge in [-0.15, -0.1) is 0 Å². The number of aromatic hydroxyl groups is 2. The second kappa shape index (κ2) is 22.0. The van der Waals surface area contributed by atoms with Crippen molar-refractivity contribution in [2.75, 3.05) is 59.8 Å². The Hall–Kier alpha value is -7.65. The first-order valence-electron chi connectivity index (χ1n) is 26.1. The number of fused-ring (bicyclic) bond motifs is 6. The van der Waals surface area contributed by atoms with E-state index in [2.05, 4.69) is 41.8 Å². The lowest BCUT2D eigenvalue weighted by atomic mass is 9.44. The van der Waals surface area contributed by atoms with Gasteiger partial charge in [-0.2, -0.15) is 5.26 Å². The minimum Gasteiger partial charge on any atom is -0.507 e. The van der Waals surface area contributed by atoms with Crippen LogP contribution in [0.1, 0.15) is 110 Å². The highest BCUT2D eigenvalue weighted by molar-refractivity contribution is 7.90. The van der Waals surface area contributed by atoms with Gasteiger partial charge in [-0.3, -0.25) is 43.3 Å². The summed E-state index contributed by atoms with van der Waals surface area (Å²) in [5.74, 6) is -7.02. The van der Waals surface area contributed by atoms with Gasteiger partial charge < -0.3 is 70.5 Å². The maximum Gasteiger partial charge on any atom is 0.252 e. The fraction of sp³-hybridized carbons (Fsp3) is 0.509. The summed E-state index contributed by atoms with van der Waals surface area (Å²) in [7, 11) is -0.926. The molecule has 4 heterocycles. The third-order valence-electron chi connectivity index (χ3n) is 15.9. The zero-order chi connectivity index (χ0) is 57.9. The number of pyridine rings is 1. The van der Waals surface area contributed by atoms with Crippen molar-refractivity contribution in [3.8, 4) is 23.3 Å². The summed E-state index contributed by atoms with van der Waals surface area (Å²) >= 11 is 0. The van der Waals surface area contributed by atoms with E-state index in [1.54, 1.807) is 6.07 Å². The molecule has 8 aliphatic rings. The topological polar surface area (TPSA) is 379 Å². The smallest absolute Gasteiger partial charge is 0.252 e. The Labute approximate surface area is 463 Å². The van der Waals surface area contributed by atoms with Gasteiger partial charge >= 0.3 is 0 Å². The number of methoxy groups -OCH3 is 2. The highest BCUT2D eigenvalue weighted by Gasteiger charge is 2.69. The Kier molecular flexibility index (Phi) is 15.4. The Morgan fingerprint density at radius 3 is 2.23 bits per heavy atom. The van der Waals surface area contributed by atoms with E-state index in [0.29, 0.717) is 38.8 Å². The van der Waals surface area contributed by atoms with E-state index < -0.39 is 152 Å². The average molecular weight is 1140 g/mol. The number of carbonyl (C=O) groups excluding carboxylic acids is 8. The first-order valence-corrected chi connectivity index (χ1v) is 28.0. The summed E-state index contributed by atoms with van der Waals surface area (Å²) in [4.78, 5) is 111. The highest BCUT2D eigenvalue weighted by Crippen LogP contribution is 2.61. The lowest BCUT2D eigenvalue weighted by molar-refractivity contribution is -0.254. The van der Waals surface area contributed by atoms with Crippen molar-refractivity contribution in [3.05, 3.63) is 75.0 Å². The molecule has 0 radical (unpaired) electrons. The Morgan fingerprint density at radius 2 is 1.56 bits per heavy atom. The van der Waals surface area contributed by atoms with Crippen LogP contribution >= 0.6 is 0 Å². The van der Waals surface area contributed by atoms with Gasteiger partial charge in [0, 0.05) is 85.2 Å². The normalized spacial score (nSPS) is 27.6. The van der Waals surface area contributed by atoms with E-state index in [1.807, 2.05) is 6.92 Å². The van der Waals surface area contributed by atoms with Crippen LogP contribution in [0, 0.1) is 17.2 Å². The minimum absolute atomic E-state index is 0.0215. The van der Waals surface area contributed by atoms with Crippen molar-refractivity contribution >= 4 is 56.8 Å². The van der Waals surface area contributed by atoms with Crippen LogP contribution in [0.5, 0.6) is 17.2 Å². The number of nitrogens with one attached hydrogen (secondary N) is 6. The number of rotatable bonds is 18. The molecule has 6 amide bonds. The number of nitrogens with zero attached hydrogens (tertiary/aromatic N) is 3. The number of ketones is 2. The van der Waals surface area contributed by atoms with Crippen molar-refractivity contribution in [1.29, 1.82) is 5.26 Å². The van der Waals surface area contributed by atoms with Gasteiger partial charge in [0.2, 0.25) is 35.3 Å². The second-order valence-electron chi connectivity index (χ2n) is 21.3. The van der Waals surface area contributed by atoms with Gasteiger partial charge in [0.1, 0.15) is 29.4 Å².